The summed E-state index contributed by atoms with van der Waals surface area (Å²) in [6, 6.07) is 8.41. The third-order valence-electron chi connectivity index (χ3n) is 2.87. The Labute approximate surface area is 127 Å². The molecule has 1 aromatic carbocycles. The van der Waals surface area contributed by atoms with E-state index in [0.29, 0.717) is 0 Å². The molecule has 1 N–H and O–H groups in total. The van der Waals surface area contributed by atoms with Crippen LogP contribution in [0.15, 0.2) is 40.6 Å². The van der Waals surface area contributed by atoms with Crippen LogP contribution in [0.1, 0.15) is 21.6 Å². The second-order valence-electron chi connectivity index (χ2n) is 4.53. The van der Waals surface area contributed by atoms with Gasteiger partial charge in [0.25, 0.3) is 0 Å². The Hall–Kier alpha value is -1.52. The summed E-state index contributed by atoms with van der Waals surface area (Å²) in [6.07, 6.45) is 2.85. The Morgan fingerprint density at radius 3 is 2.85 bits per heavy atom. The Morgan fingerprint density at radius 2 is 2.15 bits per heavy atom. The number of aryl methyl sites for hydroxylation is 2. The number of hydrogen-bond acceptors (Lipinski definition) is 3. The van der Waals surface area contributed by atoms with Crippen molar-refractivity contribution in [3.05, 3.63) is 57.3 Å². The highest BCUT2D eigenvalue weighted by atomic mass is 32.2. The second-order valence-corrected chi connectivity index (χ2v) is 6.55. The summed E-state index contributed by atoms with van der Waals surface area (Å²) in [5.74, 6) is -0.0508. The maximum absolute atomic E-state index is 10.6. The monoisotopic (exact) mass is 304 g/mol. The zero-order valence-electron chi connectivity index (χ0n) is 11.4. The first-order valence-electron chi connectivity index (χ1n) is 6.23. The highest BCUT2D eigenvalue weighted by molar-refractivity contribution is 7.98. The van der Waals surface area contributed by atoms with Crippen LogP contribution in [0.25, 0.3) is 6.08 Å². The number of thioether (sulfide) groups is 1. The average Bonchev–Trinajstić information content (AvgIpc) is 2.83. The van der Waals surface area contributed by atoms with Crippen LogP contribution in [-0.2, 0) is 10.5 Å². The fourth-order valence-corrected chi connectivity index (χ4v) is 3.89. The molecule has 0 unspecified atom stereocenters. The molecule has 1 aromatic heterocycles. The quantitative estimate of drug-likeness (QED) is 0.639. The van der Waals surface area contributed by atoms with Crippen molar-refractivity contribution in [1.29, 1.82) is 0 Å². The van der Waals surface area contributed by atoms with Crippen molar-refractivity contribution < 1.29 is 9.90 Å². The van der Waals surface area contributed by atoms with Gasteiger partial charge in [-0.3, -0.25) is 0 Å². The fraction of sp³-hybridized carbons (Fsp3) is 0.188. The molecular weight excluding hydrogens is 288 g/mol. The summed E-state index contributed by atoms with van der Waals surface area (Å²) in [7, 11) is 0. The standard InChI is InChI=1S/C16H16O2S2/c1-11-3-5-14(12(2)9-11)20-10-15-13(7-8-19-15)4-6-16(17)18/h3-9H,10H2,1-2H3,(H,17,18). The van der Waals surface area contributed by atoms with Crippen LogP contribution in [-0.4, -0.2) is 11.1 Å². The van der Waals surface area contributed by atoms with Crippen LogP contribution >= 0.6 is 23.1 Å². The number of thiophene rings is 1. The molecule has 104 valence electrons. The van der Waals surface area contributed by atoms with Gasteiger partial charge in [0.05, 0.1) is 0 Å². The van der Waals surface area contributed by atoms with Crippen LogP contribution in [0.5, 0.6) is 0 Å². The lowest BCUT2D eigenvalue weighted by molar-refractivity contribution is -0.131. The number of benzene rings is 1. The molecule has 0 fully saturated rings. The highest BCUT2D eigenvalue weighted by Gasteiger charge is 2.05. The number of carbonyl (C=O) groups is 1. The van der Waals surface area contributed by atoms with E-state index in [1.165, 1.54) is 27.0 Å². The minimum absolute atomic E-state index is 0.862. The molecule has 0 saturated carbocycles. The molecular formula is C16H16O2S2. The molecule has 2 aromatic rings. The number of hydrogen-bond donors (Lipinski definition) is 1. The van der Waals surface area contributed by atoms with Crippen LogP contribution in [0, 0.1) is 13.8 Å². The summed E-state index contributed by atoms with van der Waals surface area (Å²) in [5, 5.41) is 10.7. The predicted octanol–water partition coefficient (Wildman–Crippen LogP) is 4.76. The predicted molar refractivity (Wildman–Crippen MR) is 86.5 cm³/mol. The maximum Gasteiger partial charge on any atom is 0.328 e. The van der Waals surface area contributed by atoms with E-state index in [-0.39, 0.29) is 0 Å². The van der Waals surface area contributed by atoms with E-state index in [1.54, 1.807) is 29.2 Å². The van der Waals surface area contributed by atoms with E-state index in [2.05, 4.69) is 32.0 Å². The number of aliphatic carboxylic acids is 1. The van der Waals surface area contributed by atoms with Crippen molar-refractivity contribution in [2.45, 2.75) is 24.5 Å². The fourth-order valence-electron chi connectivity index (χ4n) is 1.88. The molecule has 0 bridgehead atoms. The van der Waals surface area contributed by atoms with Gasteiger partial charge in [-0.1, -0.05) is 17.7 Å². The summed E-state index contributed by atoms with van der Waals surface area (Å²) in [4.78, 5) is 13.0. The van der Waals surface area contributed by atoms with E-state index in [9.17, 15) is 4.79 Å². The van der Waals surface area contributed by atoms with E-state index in [1.807, 2.05) is 11.4 Å². The van der Waals surface area contributed by atoms with Crippen molar-refractivity contribution in [3.63, 3.8) is 0 Å². The molecule has 2 nitrogen and oxygen atoms in total. The lowest BCUT2D eigenvalue weighted by Gasteiger charge is -2.06. The van der Waals surface area contributed by atoms with Crippen LogP contribution in [0.4, 0.5) is 0 Å². The second kappa shape index (κ2) is 6.77. The molecule has 0 aliphatic carbocycles. The first-order valence-corrected chi connectivity index (χ1v) is 8.10. The van der Waals surface area contributed by atoms with Gasteiger partial charge in [0.2, 0.25) is 0 Å². The van der Waals surface area contributed by atoms with Crippen molar-refractivity contribution in [1.82, 2.24) is 0 Å². The van der Waals surface area contributed by atoms with E-state index < -0.39 is 5.97 Å². The Kier molecular flexibility index (Phi) is 5.04. The van der Waals surface area contributed by atoms with Gasteiger partial charge in [-0.15, -0.1) is 23.1 Å². The molecule has 0 radical (unpaired) electrons. The Bertz CT molecular complexity index is 642. The zero-order chi connectivity index (χ0) is 14.5. The average molecular weight is 304 g/mol. The summed E-state index contributed by atoms with van der Waals surface area (Å²) < 4.78 is 0. The Balaban J connectivity index is 2.08. The third-order valence-corrected chi connectivity index (χ3v) is 5.20. The molecule has 2 rings (SSSR count). The highest BCUT2D eigenvalue weighted by Crippen LogP contribution is 2.30. The van der Waals surface area contributed by atoms with E-state index in [4.69, 9.17) is 5.11 Å². The normalized spacial score (nSPS) is 11.1. The van der Waals surface area contributed by atoms with Gasteiger partial charge in [0, 0.05) is 21.6 Å². The maximum atomic E-state index is 10.6. The molecule has 0 aliphatic rings. The van der Waals surface area contributed by atoms with Crippen LogP contribution < -0.4 is 0 Å². The SMILES string of the molecule is Cc1ccc(SCc2sccc2C=CC(=O)O)c(C)c1. The summed E-state index contributed by atoms with van der Waals surface area (Å²) in [5.41, 5.74) is 3.55. The first kappa shape index (κ1) is 14.9. The van der Waals surface area contributed by atoms with Gasteiger partial charge in [0.15, 0.2) is 0 Å². The van der Waals surface area contributed by atoms with Crippen molar-refractivity contribution in [3.8, 4) is 0 Å². The van der Waals surface area contributed by atoms with Gasteiger partial charge < -0.3 is 5.11 Å². The summed E-state index contributed by atoms with van der Waals surface area (Å²) >= 11 is 3.46. The molecule has 0 aliphatic heterocycles. The van der Waals surface area contributed by atoms with E-state index >= 15 is 0 Å². The lowest BCUT2D eigenvalue weighted by Crippen LogP contribution is -1.87. The molecule has 0 atom stereocenters. The minimum Gasteiger partial charge on any atom is -0.478 e. The number of rotatable bonds is 5. The topological polar surface area (TPSA) is 37.3 Å². The van der Waals surface area contributed by atoms with Gasteiger partial charge in [0.1, 0.15) is 0 Å². The zero-order valence-corrected chi connectivity index (χ0v) is 13.1. The summed E-state index contributed by atoms with van der Waals surface area (Å²) in [6.45, 7) is 4.21. The first-order chi connectivity index (χ1) is 9.56. The van der Waals surface area contributed by atoms with Crippen molar-refractivity contribution in [2.24, 2.45) is 0 Å². The third kappa shape index (κ3) is 3.99. The van der Waals surface area contributed by atoms with Crippen LogP contribution in [0.3, 0.4) is 0 Å². The van der Waals surface area contributed by atoms with Gasteiger partial charge in [-0.2, -0.15) is 0 Å². The largest absolute Gasteiger partial charge is 0.478 e. The molecule has 1 heterocycles. The van der Waals surface area contributed by atoms with Crippen molar-refractivity contribution >= 4 is 35.1 Å². The van der Waals surface area contributed by atoms with Gasteiger partial charge in [-0.05, 0) is 48.6 Å². The smallest absolute Gasteiger partial charge is 0.328 e. The molecule has 20 heavy (non-hydrogen) atoms. The Morgan fingerprint density at radius 1 is 1.35 bits per heavy atom. The van der Waals surface area contributed by atoms with E-state index in [0.717, 1.165) is 11.3 Å². The van der Waals surface area contributed by atoms with Crippen molar-refractivity contribution in [2.75, 3.05) is 0 Å². The molecule has 0 amide bonds. The number of carboxylic acids is 1. The minimum atomic E-state index is -0.913. The lowest BCUT2D eigenvalue weighted by atomic mass is 10.2. The molecule has 4 heteroatoms. The number of carboxylic acid groups (broad SMARTS) is 1. The van der Waals surface area contributed by atoms with Crippen LogP contribution in [0.2, 0.25) is 0 Å². The molecule has 0 spiro atoms. The van der Waals surface area contributed by atoms with Gasteiger partial charge in [-0.25, -0.2) is 4.79 Å². The molecule has 0 saturated heterocycles. The van der Waals surface area contributed by atoms with Gasteiger partial charge >= 0.3 is 5.97 Å².